The Morgan fingerprint density at radius 3 is 2.39 bits per heavy atom. The van der Waals surface area contributed by atoms with E-state index in [-0.39, 0.29) is 6.09 Å². The normalized spacial score (nSPS) is 22.4. The van der Waals surface area contributed by atoms with Crippen LogP contribution in [-0.2, 0) is 4.74 Å². The van der Waals surface area contributed by atoms with Gasteiger partial charge in [0.2, 0.25) is 0 Å². The molecule has 1 unspecified atom stereocenters. The van der Waals surface area contributed by atoms with Crippen LogP contribution in [-0.4, -0.2) is 53.2 Å². The van der Waals surface area contributed by atoms with Gasteiger partial charge in [0, 0.05) is 31.7 Å². The Hall–Kier alpha value is -0.770. The Morgan fingerprint density at radius 2 is 1.94 bits per heavy atom. The quantitative estimate of drug-likeness (QED) is 0.761. The molecule has 0 N–H and O–H groups in total. The van der Waals surface area contributed by atoms with Crippen LogP contribution in [0, 0.1) is 0 Å². The number of nitrogens with zero attached hydrogens (tertiary/aromatic N) is 2. The van der Waals surface area contributed by atoms with E-state index in [9.17, 15) is 4.79 Å². The van der Waals surface area contributed by atoms with Crippen LogP contribution in [0.1, 0.15) is 48.0 Å². The van der Waals surface area contributed by atoms with E-state index >= 15 is 0 Å². The minimum absolute atomic E-state index is 0.177. The van der Waals surface area contributed by atoms with E-state index in [0.29, 0.717) is 12.1 Å². The number of ether oxygens (including phenoxy) is 1. The van der Waals surface area contributed by atoms with Gasteiger partial charge in [0.15, 0.2) is 0 Å². The maximum atomic E-state index is 12.0. The molecule has 0 spiro atoms. The molecule has 4 nitrogen and oxygen atoms in total. The molecular weight excluding hydrogens is 228 g/mol. The highest BCUT2D eigenvalue weighted by atomic mass is 16.6. The molecule has 0 saturated carbocycles. The summed E-state index contributed by atoms with van der Waals surface area (Å²) in [4.78, 5) is 16.4. The van der Waals surface area contributed by atoms with Gasteiger partial charge >= 0.3 is 6.09 Å². The monoisotopic (exact) mass is 256 g/mol. The average molecular weight is 256 g/mol. The molecule has 1 saturated heterocycles. The van der Waals surface area contributed by atoms with E-state index in [1.54, 1.807) is 0 Å². The maximum Gasteiger partial charge on any atom is 0.410 e. The number of rotatable bonds is 2. The van der Waals surface area contributed by atoms with Gasteiger partial charge in [-0.3, -0.25) is 4.90 Å². The van der Waals surface area contributed by atoms with Gasteiger partial charge in [-0.15, -0.1) is 0 Å². The van der Waals surface area contributed by atoms with Crippen molar-refractivity contribution in [3.8, 4) is 0 Å². The fraction of sp³-hybridized carbons (Fsp3) is 0.929. The Labute approximate surface area is 111 Å². The molecule has 1 heterocycles. The molecule has 0 aromatic heterocycles. The fourth-order valence-corrected chi connectivity index (χ4v) is 2.41. The molecule has 0 radical (unpaired) electrons. The zero-order valence-corrected chi connectivity index (χ0v) is 12.7. The highest BCUT2D eigenvalue weighted by molar-refractivity contribution is 5.68. The molecule has 0 aliphatic carbocycles. The molecule has 106 valence electrons. The minimum atomic E-state index is -0.409. The lowest BCUT2D eigenvalue weighted by atomic mass is 10.1. The molecule has 1 aliphatic heterocycles. The van der Waals surface area contributed by atoms with E-state index in [0.717, 1.165) is 26.1 Å². The summed E-state index contributed by atoms with van der Waals surface area (Å²) < 4.78 is 5.43. The second-order valence-electron chi connectivity index (χ2n) is 6.32. The highest BCUT2D eigenvalue weighted by Gasteiger charge is 2.31. The number of carbonyl (C=O) groups excluding carboxylic acids is 1. The third kappa shape index (κ3) is 4.16. The number of piperazine rings is 1. The lowest BCUT2D eigenvalue weighted by molar-refractivity contribution is -0.00234. The molecule has 0 aromatic rings. The Balaban J connectivity index is 2.60. The summed E-state index contributed by atoms with van der Waals surface area (Å²) in [6.45, 7) is 14.8. The predicted octanol–water partition coefficient (Wildman–Crippen LogP) is 2.73. The van der Waals surface area contributed by atoms with Gasteiger partial charge in [-0.2, -0.15) is 0 Å². The Kier molecular flexibility index (Phi) is 5.02. The highest BCUT2D eigenvalue weighted by Crippen LogP contribution is 2.18. The van der Waals surface area contributed by atoms with Crippen LogP contribution in [0.15, 0.2) is 0 Å². The lowest BCUT2D eigenvalue weighted by Gasteiger charge is -2.43. The molecule has 1 amide bonds. The Bertz CT molecular complexity index is 284. The molecule has 1 fully saturated rings. The third-order valence-corrected chi connectivity index (χ3v) is 3.31. The SMILES string of the molecule is CCC1CN(C(=O)OC(C)(C)C)CCN1C(C)C. The van der Waals surface area contributed by atoms with Crippen molar-refractivity contribution < 1.29 is 9.53 Å². The predicted molar refractivity (Wildman–Crippen MR) is 73.7 cm³/mol. The first-order valence-electron chi connectivity index (χ1n) is 6.98. The molecule has 1 atom stereocenters. The van der Waals surface area contributed by atoms with Crippen molar-refractivity contribution in [1.82, 2.24) is 9.80 Å². The summed E-state index contributed by atoms with van der Waals surface area (Å²) in [6, 6.07) is 0.988. The molecule has 1 rings (SSSR count). The molecule has 1 aliphatic rings. The second kappa shape index (κ2) is 5.91. The summed E-state index contributed by atoms with van der Waals surface area (Å²) in [5, 5.41) is 0. The summed E-state index contributed by atoms with van der Waals surface area (Å²) in [7, 11) is 0. The molecule has 4 heteroatoms. The smallest absolute Gasteiger partial charge is 0.410 e. The number of amides is 1. The molecule has 18 heavy (non-hydrogen) atoms. The van der Waals surface area contributed by atoms with Crippen molar-refractivity contribution in [2.24, 2.45) is 0 Å². The van der Waals surface area contributed by atoms with Gasteiger partial charge < -0.3 is 9.64 Å². The zero-order chi connectivity index (χ0) is 13.9. The first-order valence-corrected chi connectivity index (χ1v) is 6.98. The van der Waals surface area contributed by atoms with Gasteiger partial charge in [-0.1, -0.05) is 6.92 Å². The van der Waals surface area contributed by atoms with Gasteiger partial charge in [0.05, 0.1) is 0 Å². The van der Waals surface area contributed by atoms with Crippen LogP contribution in [0.3, 0.4) is 0 Å². The van der Waals surface area contributed by atoms with Crippen molar-refractivity contribution in [3.63, 3.8) is 0 Å². The van der Waals surface area contributed by atoms with E-state index < -0.39 is 5.60 Å². The average Bonchev–Trinajstić information content (AvgIpc) is 2.25. The van der Waals surface area contributed by atoms with Gasteiger partial charge in [0.25, 0.3) is 0 Å². The van der Waals surface area contributed by atoms with Crippen molar-refractivity contribution in [1.29, 1.82) is 0 Å². The van der Waals surface area contributed by atoms with Crippen molar-refractivity contribution in [2.75, 3.05) is 19.6 Å². The van der Waals surface area contributed by atoms with Gasteiger partial charge in [0.1, 0.15) is 5.60 Å². The topological polar surface area (TPSA) is 32.8 Å². The minimum Gasteiger partial charge on any atom is -0.444 e. The largest absolute Gasteiger partial charge is 0.444 e. The lowest BCUT2D eigenvalue weighted by Crippen LogP contribution is -2.57. The third-order valence-electron chi connectivity index (χ3n) is 3.31. The standard InChI is InChI=1S/C14H28N2O2/c1-7-12-10-15(8-9-16(12)11(2)3)13(17)18-14(4,5)6/h11-12H,7-10H2,1-6H3. The van der Waals surface area contributed by atoms with Crippen molar-refractivity contribution >= 4 is 6.09 Å². The maximum absolute atomic E-state index is 12.0. The zero-order valence-electron chi connectivity index (χ0n) is 12.7. The summed E-state index contributed by atoms with van der Waals surface area (Å²) in [5.74, 6) is 0. The molecule has 0 bridgehead atoms. The van der Waals surface area contributed by atoms with Crippen LogP contribution < -0.4 is 0 Å². The molecular formula is C14H28N2O2. The first-order chi connectivity index (χ1) is 8.24. The Morgan fingerprint density at radius 1 is 1.33 bits per heavy atom. The van der Waals surface area contributed by atoms with E-state index in [4.69, 9.17) is 4.74 Å². The van der Waals surface area contributed by atoms with Crippen LogP contribution in [0.5, 0.6) is 0 Å². The van der Waals surface area contributed by atoms with Crippen LogP contribution in [0.4, 0.5) is 4.79 Å². The van der Waals surface area contributed by atoms with Gasteiger partial charge in [-0.25, -0.2) is 4.79 Å². The van der Waals surface area contributed by atoms with Crippen molar-refractivity contribution in [3.05, 3.63) is 0 Å². The van der Waals surface area contributed by atoms with E-state index in [1.165, 1.54) is 0 Å². The van der Waals surface area contributed by atoms with E-state index in [2.05, 4.69) is 25.7 Å². The first kappa shape index (κ1) is 15.3. The summed E-state index contributed by atoms with van der Waals surface area (Å²) >= 11 is 0. The molecule has 0 aromatic carbocycles. The van der Waals surface area contributed by atoms with Crippen molar-refractivity contribution in [2.45, 2.75) is 65.6 Å². The van der Waals surface area contributed by atoms with Crippen LogP contribution >= 0.6 is 0 Å². The number of hydrogen-bond acceptors (Lipinski definition) is 3. The number of hydrogen-bond donors (Lipinski definition) is 0. The fourth-order valence-electron chi connectivity index (χ4n) is 2.41. The van der Waals surface area contributed by atoms with E-state index in [1.807, 2.05) is 25.7 Å². The van der Waals surface area contributed by atoms with Gasteiger partial charge in [-0.05, 0) is 41.0 Å². The number of carbonyl (C=O) groups is 1. The van der Waals surface area contributed by atoms with Crippen LogP contribution in [0.25, 0.3) is 0 Å². The summed E-state index contributed by atoms with van der Waals surface area (Å²) in [5.41, 5.74) is -0.409. The van der Waals surface area contributed by atoms with Crippen LogP contribution in [0.2, 0.25) is 0 Å². The summed E-state index contributed by atoms with van der Waals surface area (Å²) in [6.07, 6.45) is 0.890. The second-order valence-corrected chi connectivity index (χ2v) is 6.32.